The zero-order valence-corrected chi connectivity index (χ0v) is 12.5. The molecule has 7 nitrogen and oxygen atoms in total. The van der Waals surface area contributed by atoms with Crippen molar-refractivity contribution in [3.05, 3.63) is 22.6 Å². The van der Waals surface area contributed by atoms with E-state index in [0.29, 0.717) is 18.8 Å². The molecule has 0 aromatic carbocycles. The van der Waals surface area contributed by atoms with E-state index in [2.05, 4.69) is 10.4 Å². The molecule has 0 saturated carbocycles. The number of likely N-dealkylation sites (N-methyl/N-ethyl adjacent to an activating group) is 1. The molecule has 0 atom stereocenters. The Balaban J connectivity index is 2.79. The van der Waals surface area contributed by atoms with Crippen LogP contribution in [0.3, 0.4) is 0 Å². The molecule has 1 heterocycles. The Morgan fingerprint density at radius 3 is 2.65 bits per heavy atom. The summed E-state index contributed by atoms with van der Waals surface area (Å²) in [7, 11) is 1.83. The van der Waals surface area contributed by atoms with E-state index in [-0.39, 0.29) is 23.6 Å². The van der Waals surface area contributed by atoms with Crippen molar-refractivity contribution in [1.29, 1.82) is 0 Å². The lowest BCUT2D eigenvalue weighted by Crippen LogP contribution is -2.43. The van der Waals surface area contributed by atoms with Crippen molar-refractivity contribution in [2.75, 3.05) is 25.0 Å². The standard InChI is InChI=1S/C13H23N5O2/c1-13(2,3)16-11(19)9-18-12(20)7-10(8-15-18)17(4)6-5-14/h7-8H,5-6,9,14H2,1-4H3,(H,16,19). The summed E-state index contributed by atoms with van der Waals surface area (Å²) in [6.07, 6.45) is 1.56. The summed E-state index contributed by atoms with van der Waals surface area (Å²) < 4.78 is 1.14. The predicted octanol–water partition coefficient (Wildman–Crippen LogP) is -0.447. The van der Waals surface area contributed by atoms with E-state index >= 15 is 0 Å². The number of carbonyl (C=O) groups is 1. The van der Waals surface area contributed by atoms with Crippen LogP contribution >= 0.6 is 0 Å². The third-order valence-corrected chi connectivity index (χ3v) is 2.57. The Labute approximate surface area is 118 Å². The van der Waals surface area contributed by atoms with Gasteiger partial charge in [-0.3, -0.25) is 9.59 Å². The molecule has 7 heteroatoms. The molecule has 0 radical (unpaired) electrons. The number of amides is 1. The predicted molar refractivity (Wildman–Crippen MR) is 78.7 cm³/mol. The Morgan fingerprint density at radius 2 is 2.15 bits per heavy atom. The summed E-state index contributed by atoms with van der Waals surface area (Å²) >= 11 is 0. The first-order valence-electron chi connectivity index (χ1n) is 6.52. The molecular formula is C13H23N5O2. The van der Waals surface area contributed by atoms with Crippen molar-refractivity contribution in [2.45, 2.75) is 32.9 Å². The van der Waals surface area contributed by atoms with Gasteiger partial charge in [0.1, 0.15) is 6.54 Å². The first kappa shape index (κ1) is 16.2. The van der Waals surface area contributed by atoms with Gasteiger partial charge in [0.2, 0.25) is 5.91 Å². The number of hydrogen-bond acceptors (Lipinski definition) is 5. The number of hydrogen-bond donors (Lipinski definition) is 2. The SMILES string of the molecule is CN(CCN)c1cnn(CC(=O)NC(C)(C)C)c(=O)c1. The van der Waals surface area contributed by atoms with Gasteiger partial charge in [0.05, 0.1) is 11.9 Å². The van der Waals surface area contributed by atoms with Gasteiger partial charge in [-0.15, -0.1) is 0 Å². The fourth-order valence-corrected chi connectivity index (χ4v) is 1.67. The number of carbonyl (C=O) groups excluding carboxylic acids is 1. The van der Waals surface area contributed by atoms with Crippen LogP contribution in [0, 0.1) is 0 Å². The second kappa shape index (κ2) is 6.51. The molecule has 112 valence electrons. The summed E-state index contributed by atoms with van der Waals surface area (Å²) in [6.45, 7) is 6.68. The third kappa shape index (κ3) is 5.00. The Kier molecular flexibility index (Phi) is 5.26. The van der Waals surface area contributed by atoms with Crippen LogP contribution in [-0.2, 0) is 11.3 Å². The van der Waals surface area contributed by atoms with E-state index in [9.17, 15) is 9.59 Å². The van der Waals surface area contributed by atoms with E-state index in [4.69, 9.17) is 5.73 Å². The highest BCUT2D eigenvalue weighted by Crippen LogP contribution is 2.05. The molecule has 0 aliphatic heterocycles. The second-order valence-corrected chi connectivity index (χ2v) is 5.72. The lowest BCUT2D eigenvalue weighted by molar-refractivity contribution is -0.123. The number of nitrogens with two attached hydrogens (primary N) is 1. The fourth-order valence-electron chi connectivity index (χ4n) is 1.67. The maximum atomic E-state index is 11.9. The average Bonchev–Trinajstić information content (AvgIpc) is 2.29. The number of rotatable bonds is 5. The molecule has 1 aromatic rings. The van der Waals surface area contributed by atoms with Crippen LogP contribution in [-0.4, -0.2) is 41.4 Å². The molecule has 0 spiro atoms. The quantitative estimate of drug-likeness (QED) is 0.762. The van der Waals surface area contributed by atoms with Crippen molar-refractivity contribution in [3.8, 4) is 0 Å². The van der Waals surface area contributed by atoms with Gasteiger partial charge in [-0.25, -0.2) is 4.68 Å². The van der Waals surface area contributed by atoms with Gasteiger partial charge in [0, 0.05) is 31.7 Å². The number of nitrogens with one attached hydrogen (secondary N) is 1. The number of anilines is 1. The lowest BCUT2D eigenvalue weighted by Gasteiger charge is -2.21. The van der Waals surface area contributed by atoms with E-state index in [0.717, 1.165) is 4.68 Å². The van der Waals surface area contributed by atoms with E-state index in [1.807, 2.05) is 32.7 Å². The second-order valence-electron chi connectivity index (χ2n) is 5.72. The average molecular weight is 281 g/mol. The highest BCUT2D eigenvalue weighted by atomic mass is 16.2. The molecule has 0 aliphatic rings. The molecule has 0 saturated heterocycles. The third-order valence-electron chi connectivity index (χ3n) is 2.57. The highest BCUT2D eigenvalue weighted by molar-refractivity contribution is 5.76. The lowest BCUT2D eigenvalue weighted by atomic mass is 10.1. The molecule has 1 aromatic heterocycles. The van der Waals surface area contributed by atoms with Crippen molar-refractivity contribution >= 4 is 11.6 Å². The highest BCUT2D eigenvalue weighted by Gasteiger charge is 2.15. The van der Waals surface area contributed by atoms with Crippen LogP contribution < -0.4 is 21.5 Å². The molecule has 20 heavy (non-hydrogen) atoms. The monoisotopic (exact) mass is 281 g/mol. The van der Waals surface area contributed by atoms with Crippen LogP contribution in [0.2, 0.25) is 0 Å². The van der Waals surface area contributed by atoms with Crippen LogP contribution in [0.25, 0.3) is 0 Å². The molecule has 0 fully saturated rings. The first-order chi connectivity index (χ1) is 9.23. The largest absolute Gasteiger partial charge is 0.372 e. The zero-order chi connectivity index (χ0) is 15.3. The number of aromatic nitrogens is 2. The van der Waals surface area contributed by atoms with Gasteiger partial charge in [0.15, 0.2) is 0 Å². The first-order valence-corrected chi connectivity index (χ1v) is 6.52. The molecule has 0 bridgehead atoms. The van der Waals surface area contributed by atoms with Gasteiger partial charge in [-0.1, -0.05) is 0 Å². The zero-order valence-electron chi connectivity index (χ0n) is 12.5. The summed E-state index contributed by atoms with van der Waals surface area (Å²) in [5, 5.41) is 6.80. The molecule has 0 aliphatic carbocycles. The Hall–Kier alpha value is -1.89. The van der Waals surface area contributed by atoms with Gasteiger partial charge in [0.25, 0.3) is 5.56 Å². The summed E-state index contributed by atoms with van der Waals surface area (Å²) in [5.74, 6) is -0.241. The maximum Gasteiger partial charge on any atom is 0.269 e. The minimum atomic E-state index is -0.331. The summed E-state index contributed by atoms with van der Waals surface area (Å²) in [4.78, 5) is 25.5. The molecular weight excluding hydrogens is 258 g/mol. The Morgan fingerprint density at radius 1 is 1.50 bits per heavy atom. The van der Waals surface area contributed by atoms with E-state index in [1.165, 1.54) is 6.07 Å². The van der Waals surface area contributed by atoms with Crippen LogP contribution in [0.5, 0.6) is 0 Å². The van der Waals surface area contributed by atoms with E-state index in [1.54, 1.807) is 6.20 Å². The van der Waals surface area contributed by atoms with Gasteiger partial charge < -0.3 is 16.0 Å². The molecule has 1 rings (SSSR count). The summed E-state index contributed by atoms with van der Waals surface area (Å²) in [5.41, 5.74) is 5.51. The normalized spacial score (nSPS) is 11.2. The van der Waals surface area contributed by atoms with Crippen molar-refractivity contribution in [2.24, 2.45) is 5.73 Å². The summed E-state index contributed by atoms with van der Waals surface area (Å²) in [6, 6.07) is 1.45. The smallest absolute Gasteiger partial charge is 0.269 e. The Bertz CT molecular complexity index is 518. The maximum absolute atomic E-state index is 11.9. The molecule has 1 amide bonds. The fraction of sp³-hybridized carbons (Fsp3) is 0.615. The van der Waals surface area contributed by atoms with Crippen LogP contribution in [0.4, 0.5) is 5.69 Å². The van der Waals surface area contributed by atoms with Crippen molar-refractivity contribution in [1.82, 2.24) is 15.1 Å². The minimum Gasteiger partial charge on any atom is -0.372 e. The number of nitrogens with zero attached hydrogens (tertiary/aromatic N) is 3. The molecule has 3 N–H and O–H groups in total. The van der Waals surface area contributed by atoms with Crippen molar-refractivity contribution < 1.29 is 4.79 Å². The minimum absolute atomic E-state index is 0.0863. The van der Waals surface area contributed by atoms with Crippen molar-refractivity contribution in [3.63, 3.8) is 0 Å². The van der Waals surface area contributed by atoms with Gasteiger partial charge >= 0.3 is 0 Å². The van der Waals surface area contributed by atoms with E-state index < -0.39 is 0 Å². The van der Waals surface area contributed by atoms with Crippen LogP contribution in [0.15, 0.2) is 17.1 Å². The van der Waals surface area contributed by atoms with Crippen LogP contribution in [0.1, 0.15) is 20.8 Å². The van der Waals surface area contributed by atoms with Gasteiger partial charge in [-0.05, 0) is 20.8 Å². The molecule has 0 unspecified atom stereocenters. The topological polar surface area (TPSA) is 93.2 Å². The van der Waals surface area contributed by atoms with Gasteiger partial charge in [-0.2, -0.15) is 5.10 Å².